The fraction of sp³-hybridized carbons (Fsp3) is 0.429. The van der Waals surface area contributed by atoms with Crippen LogP contribution in [0.25, 0.3) is 0 Å². The van der Waals surface area contributed by atoms with Crippen LogP contribution in [0, 0.1) is 6.92 Å². The van der Waals surface area contributed by atoms with E-state index in [0.29, 0.717) is 11.1 Å². The van der Waals surface area contributed by atoms with Crippen LogP contribution in [0.5, 0.6) is 0 Å². The Hall–Kier alpha value is -4.00. The second-order valence-corrected chi connectivity index (χ2v) is 14.9. The first-order valence-electron chi connectivity index (χ1n) is 13.7. The number of hydrogen-bond acceptors (Lipinski definition) is 13. The number of ether oxygens (including phenoxy) is 1. The first-order valence-corrected chi connectivity index (χ1v) is 17.4. The van der Waals surface area contributed by atoms with Crippen molar-refractivity contribution >= 4 is 67.9 Å². The summed E-state index contributed by atoms with van der Waals surface area (Å²) in [5.41, 5.74) is 1.54. The topological polar surface area (TPSA) is 203 Å². The summed E-state index contributed by atoms with van der Waals surface area (Å²) in [6, 6.07) is 4.19. The van der Waals surface area contributed by atoms with Crippen LogP contribution in [0.3, 0.4) is 0 Å². The van der Waals surface area contributed by atoms with Crippen LogP contribution in [0.2, 0.25) is 0 Å². The first-order chi connectivity index (χ1) is 21.5. The van der Waals surface area contributed by atoms with E-state index in [1.165, 1.54) is 24.3 Å². The molecule has 1 aromatic heterocycles. The van der Waals surface area contributed by atoms with E-state index in [-0.39, 0.29) is 41.0 Å². The summed E-state index contributed by atoms with van der Waals surface area (Å²) in [4.78, 5) is 61.2. The van der Waals surface area contributed by atoms with Gasteiger partial charge in [-0.05, 0) is 56.4 Å². The first kappa shape index (κ1) is 34.9. The van der Waals surface area contributed by atoms with Crippen molar-refractivity contribution in [3.63, 3.8) is 0 Å². The van der Waals surface area contributed by atoms with Crippen molar-refractivity contribution in [1.29, 1.82) is 0 Å². The second-order valence-electron chi connectivity index (χ2n) is 11.2. The van der Waals surface area contributed by atoms with E-state index in [2.05, 4.69) is 20.8 Å². The maximum absolute atomic E-state index is 13.3. The molecule has 0 saturated carbocycles. The van der Waals surface area contributed by atoms with Gasteiger partial charge in [0.05, 0.1) is 12.9 Å². The van der Waals surface area contributed by atoms with Crippen molar-refractivity contribution < 1.29 is 46.5 Å². The molecule has 18 heteroatoms. The lowest BCUT2D eigenvalue weighted by Crippen LogP contribution is -2.71. The van der Waals surface area contributed by atoms with E-state index in [4.69, 9.17) is 13.8 Å². The zero-order valence-electron chi connectivity index (χ0n) is 25.8. The number of carbonyl (C=O) groups is 4. The van der Waals surface area contributed by atoms with Crippen LogP contribution in [-0.2, 0) is 51.3 Å². The van der Waals surface area contributed by atoms with Gasteiger partial charge < -0.3 is 20.0 Å². The van der Waals surface area contributed by atoms with E-state index in [9.17, 15) is 32.7 Å². The summed E-state index contributed by atoms with van der Waals surface area (Å²) < 4.78 is 33.0. The van der Waals surface area contributed by atoms with Gasteiger partial charge in [0.2, 0.25) is 0 Å². The zero-order chi connectivity index (χ0) is 34.0. The Labute approximate surface area is 273 Å². The summed E-state index contributed by atoms with van der Waals surface area (Å²) in [6.45, 7) is 6.74. The number of aliphatic carboxylic acids is 1. The number of oxime groups is 1. The number of benzene rings is 1. The van der Waals surface area contributed by atoms with Gasteiger partial charge in [-0.3, -0.25) is 24.0 Å². The molecule has 3 amide bonds. The van der Waals surface area contributed by atoms with Gasteiger partial charge in [-0.2, -0.15) is 8.42 Å². The number of carboxylic acids is 1. The molecule has 1 saturated heterocycles. The highest BCUT2D eigenvalue weighted by molar-refractivity contribution is 8.00. The fourth-order valence-electron chi connectivity index (χ4n) is 4.64. The van der Waals surface area contributed by atoms with Crippen LogP contribution >= 0.6 is 23.1 Å². The van der Waals surface area contributed by atoms with Gasteiger partial charge in [-0.1, -0.05) is 23.4 Å². The molecule has 2 aromatic rings. The Balaban J connectivity index is 1.48. The lowest BCUT2D eigenvalue weighted by Gasteiger charge is -2.49. The Kier molecular flexibility index (Phi) is 10.4. The van der Waals surface area contributed by atoms with Crippen LogP contribution in [0.15, 0.2) is 40.0 Å². The molecule has 0 aliphatic carbocycles. The van der Waals surface area contributed by atoms with Gasteiger partial charge in [-0.15, -0.1) is 23.1 Å². The van der Waals surface area contributed by atoms with Crippen molar-refractivity contribution in [2.24, 2.45) is 5.16 Å². The number of carboxylic acid groups (broad SMARTS) is 1. The highest BCUT2D eigenvalue weighted by atomic mass is 32.2. The van der Waals surface area contributed by atoms with Gasteiger partial charge in [0.25, 0.3) is 21.9 Å². The molecule has 0 unspecified atom stereocenters. The number of fused-ring (bicyclic) bond motifs is 1. The molecule has 0 spiro atoms. The predicted octanol–water partition coefficient (Wildman–Crippen LogP) is 2.61. The summed E-state index contributed by atoms with van der Waals surface area (Å²) in [7, 11) is -2.43. The molecule has 2 aliphatic rings. The van der Waals surface area contributed by atoms with E-state index < -0.39 is 51.0 Å². The fourth-order valence-corrected chi connectivity index (χ4v) is 7.01. The summed E-state index contributed by atoms with van der Waals surface area (Å²) >= 11 is 2.31. The maximum Gasteiger partial charge on any atom is 0.413 e. The van der Waals surface area contributed by atoms with Gasteiger partial charge in [-0.25, -0.2) is 14.6 Å². The molecule has 4 rings (SSSR count). The molecule has 15 nitrogen and oxygen atoms in total. The highest BCUT2D eigenvalue weighted by Crippen LogP contribution is 2.41. The van der Waals surface area contributed by atoms with E-state index in [1.54, 1.807) is 45.9 Å². The molecule has 0 bridgehead atoms. The Morgan fingerprint density at radius 2 is 1.91 bits per heavy atom. The van der Waals surface area contributed by atoms with Gasteiger partial charge in [0.15, 0.2) is 10.8 Å². The van der Waals surface area contributed by atoms with Gasteiger partial charge in [0.1, 0.15) is 35.5 Å². The monoisotopic (exact) mass is 695 g/mol. The van der Waals surface area contributed by atoms with Crippen LogP contribution in [0.4, 0.5) is 9.93 Å². The molecule has 248 valence electrons. The van der Waals surface area contributed by atoms with Crippen LogP contribution in [0.1, 0.15) is 43.2 Å². The Morgan fingerprint density at radius 3 is 2.54 bits per heavy atom. The lowest BCUT2D eigenvalue weighted by atomic mass is 9.94. The van der Waals surface area contributed by atoms with Gasteiger partial charge in [0, 0.05) is 11.1 Å². The minimum atomic E-state index is -3.66. The number of thioether (sulfide) groups is 1. The number of anilines is 1. The molecular formula is C28H33N5O10S3. The van der Waals surface area contributed by atoms with Crippen LogP contribution < -0.4 is 10.6 Å². The number of hydrogen-bond donors (Lipinski definition) is 3. The molecule has 0 radical (unpaired) electrons. The third-order valence-electron chi connectivity index (χ3n) is 6.68. The SMILES string of the molecule is CON=C(C(=O)N[C@@H]1C(=O)N2C(C(=O)O)=C(Cc3cccc(COS(C)(=O)=O)c3C)CS[C@H]12)c1csc(NC(=O)OC(C)(C)C)n1. The molecule has 1 aromatic carbocycles. The number of rotatable bonds is 11. The summed E-state index contributed by atoms with van der Waals surface area (Å²) in [5, 5.41) is 19.9. The molecule has 1 fully saturated rings. The Bertz CT molecular complexity index is 1730. The number of carbonyl (C=O) groups excluding carboxylic acids is 3. The quantitative estimate of drug-likeness (QED) is 0.134. The number of amides is 3. The van der Waals surface area contributed by atoms with Crippen molar-refractivity contribution in [2.45, 2.75) is 57.7 Å². The van der Waals surface area contributed by atoms with E-state index in [0.717, 1.165) is 33.6 Å². The number of thiazole rings is 1. The molecular weight excluding hydrogens is 663 g/mol. The molecule has 2 atom stereocenters. The zero-order valence-corrected chi connectivity index (χ0v) is 28.2. The second kappa shape index (κ2) is 13.8. The molecule has 3 heterocycles. The van der Waals surface area contributed by atoms with E-state index >= 15 is 0 Å². The number of β-lactam (4-membered cyclic amide) rings is 1. The number of nitrogens with one attached hydrogen (secondary N) is 2. The third-order valence-corrected chi connectivity index (χ3v) is 9.32. The van der Waals surface area contributed by atoms with Crippen LogP contribution in [-0.4, -0.2) is 89.1 Å². The Morgan fingerprint density at radius 1 is 1.22 bits per heavy atom. The molecule has 2 aliphatic heterocycles. The third kappa shape index (κ3) is 8.23. The number of nitrogens with zero attached hydrogens (tertiary/aromatic N) is 3. The largest absolute Gasteiger partial charge is 0.477 e. The average molecular weight is 696 g/mol. The maximum atomic E-state index is 13.3. The lowest BCUT2D eigenvalue weighted by molar-refractivity contribution is -0.150. The normalized spacial score (nSPS) is 18.4. The molecule has 3 N–H and O–H groups in total. The van der Waals surface area contributed by atoms with E-state index in [1.807, 2.05) is 0 Å². The highest BCUT2D eigenvalue weighted by Gasteiger charge is 2.54. The minimum Gasteiger partial charge on any atom is -0.477 e. The number of aromatic nitrogens is 1. The van der Waals surface area contributed by atoms with Crippen molar-refractivity contribution in [2.75, 3.05) is 24.4 Å². The summed E-state index contributed by atoms with van der Waals surface area (Å²) in [6.07, 6.45) is 0.426. The molecule has 46 heavy (non-hydrogen) atoms. The van der Waals surface area contributed by atoms with Crippen molar-refractivity contribution in [1.82, 2.24) is 15.2 Å². The smallest absolute Gasteiger partial charge is 0.413 e. The van der Waals surface area contributed by atoms with Crippen molar-refractivity contribution in [3.8, 4) is 0 Å². The standard InChI is InChI=1S/C28H33N5O10S3/c1-14-15(8-7-9-16(14)11-42-46(6,39)40)10-17-12-44-24-20(23(35)33(24)21(17)25(36)37)30-22(34)19(32-41-5)18-13-45-26(29-18)31-27(38)43-28(2,3)4/h7-9,13,20,24H,10-12H2,1-6H3,(H,30,34)(H,36,37)(H,29,31,38)/t20-,24-/m1/s1. The summed E-state index contributed by atoms with van der Waals surface area (Å²) in [5.74, 6) is -2.43. The van der Waals surface area contributed by atoms with Gasteiger partial charge >= 0.3 is 12.1 Å². The average Bonchev–Trinajstić information content (AvgIpc) is 3.40. The minimum absolute atomic E-state index is 0.0725. The van der Waals surface area contributed by atoms with Crippen molar-refractivity contribution in [3.05, 3.63) is 57.2 Å². The predicted molar refractivity (Wildman–Crippen MR) is 170 cm³/mol.